The van der Waals surface area contributed by atoms with Crippen LogP contribution < -0.4 is 0 Å². The first kappa shape index (κ1) is 21.9. The predicted octanol–water partition coefficient (Wildman–Crippen LogP) is 5.04. The predicted molar refractivity (Wildman–Crippen MR) is 130 cm³/mol. The second kappa shape index (κ2) is 8.76. The van der Waals surface area contributed by atoms with Crippen molar-refractivity contribution in [2.75, 3.05) is 13.1 Å². The van der Waals surface area contributed by atoms with Crippen molar-refractivity contribution in [2.24, 2.45) is 5.16 Å². The summed E-state index contributed by atoms with van der Waals surface area (Å²) in [5.41, 5.74) is 5.30. The molecular weight excluding hydrogens is 432 g/mol. The zero-order chi connectivity index (χ0) is 22.9. The van der Waals surface area contributed by atoms with Crippen molar-refractivity contribution in [1.29, 1.82) is 0 Å². The van der Waals surface area contributed by atoms with Crippen LogP contribution >= 0.6 is 0 Å². The minimum absolute atomic E-state index is 0.0143. The number of likely N-dealkylation sites (tertiary alicyclic amines) is 1. The first-order valence-corrected chi connectivity index (χ1v) is 12.8. The standard InChI is InChI=1S/C27H28N2O3S/c1-21-11-13-23(14-12-21)33(30,31)32-28-26-19-27(25-10-6-5-9-24(25)26)15-17-29(18-16-27)20-22-7-3-2-4-8-22/h2-14H,15-20H2,1H3/b28-26-. The molecule has 5 rings (SSSR count). The second-order valence-corrected chi connectivity index (χ2v) is 10.7. The molecule has 6 heteroatoms. The van der Waals surface area contributed by atoms with E-state index in [0.29, 0.717) is 6.42 Å². The van der Waals surface area contributed by atoms with E-state index < -0.39 is 10.1 Å². The molecule has 0 atom stereocenters. The van der Waals surface area contributed by atoms with Crippen LogP contribution in [-0.4, -0.2) is 32.1 Å². The summed E-state index contributed by atoms with van der Waals surface area (Å²) in [6.45, 7) is 4.87. The van der Waals surface area contributed by atoms with E-state index in [-0.39, 0.29) is 10.3 Å². The number of hydrogen-bond donors (Lipinski definition) is 0. The van der Waals surface area contributed by atoms with E-state index in [0.717, 1.165) is 49.3 Å². The number of nitrogens with zero attached hydrogens (tertiary/aromatic N) is 2. The smallest absolute Gasteiger partial charge is 0.299 e. The highest BCUT2D eigenvalue weighted by atomic mass is 32.2. The lowest BCUT2D eigenvalue weighted by atomic mass is 9.73. The Labute approximate surface area is 195 Å². The van der Waals surface area contributed by atoms with E-state index in [2.05, 4.69) is 46.5 Å². The average molecular weight is 461 g/mol. The number of rotatable bonds is 5. The number of oxime groups is 1. The van der Waals surface area contributed by atoms with Crippen LogP contribution in [0.1, 0.15) is 41.5 Å². The molecule has 2 aliphatic rings. The van der Waals surface area contributed by atoms with E-state index in [1.165, 1.54) is 11.1 Å². The summed E-state index contributed by atoms with van der Waals surface area (Å²) in [7, 11) is -3.95. The minimum Gasteiger partial charge on any atom is -0.299 e. The third-order valence-corrected chi connectivity index (χ3v) is 8.05. The van der Waals surface area contributed by atoms with Gasteiger partial charge in [0.1, 0.15) is 4.90 Å². The van der Waals surface area contributed by atoms with E-state index in [1.807, 2.05) is 25.1 Å². The summed E-state index contributed by atoms with van der Waals surface area (Å²) in [6.07, 6.45) is 2.73. The first-order chi connectivity index (χ1) is 16.0. The molecule has 0 amide bonds. The summed E-state index contributed by atoms with van der Waals surface area (Å²) < 4.78 is 30.5. The van der Waals surface area contributed by atoms with Gasteiger partial charge in [-0.3, -0.25) is 9.18 Å². The van der Waals surface area contributed by atoms with Crippen molar-refractivity contribution in [1.82, 2.24) is 4.90 Å². The lowest BCUT2D eigenvalue weighted by Gasteiger charge is -2.40. The normalized spacial score (nSPS) is 19.0. The van der Waals surface area contributed by atoms with Gasteiger partial charge in [0.25, 0.3) is 0 Å². The lowest BCUT2D eigenvalue weighted by Crippen LogP contribution is -2.41. The summed E-state index contributed by atoms with van der Waals surface area (Å²) in [6, 6.07) is 25.4. The zero-order valence-electron chi connectivity index (χ0n) is 18.8. The number of piperidine rings is 1. The molecule has 1 saturated heterocycles. The molecule has 0 radical (unpaired) electrons. The molecule has 0 bridgehead atoms. The van der Waals surface area contributed by atoms with Crippen LogP contribution in [0.15, 0.2) is 88.9 Å². The Bertz CT molecular complexity index is 1260. The third-order valence-electron chi connectivity index (χ3n) is 6.93. The van der Waals surface area contributed by atoms with Crippen molar-refractivity contribution in [3.63, 3.8) is 0 Å². The first-order valence-electron chi connectivity index (χ1n) is 11.4. The molecule has 170 valence electrons. The summed E-state index contributed by atoms with van der Waals surface area (Å²) in [5, 5.41) is 4.19. The van der Waals surface area contributed by atoms with Crippen LogP contribution in [0.2, 0.25) is 0 Å². The van der Waals surface area contributed by atoms with Crippen LogP contribution in [-0.2, 0) is 26.4 Å². The Kier molecular flexibility index (Phi) is 5.81. The van der Waals surface area contributed by atoms with Crippen LogP contribution in [0.5, 0.6) is 0 Å². The SMILES string of the molecule is Cc1ccc(S(=O)(=O)O/N=C2/CC3(CCN(Cc4ccccc4)CC3)c3ccccc32)cc1. The quantitative estimate of drug-likeness (QED) is 0.501. The lowest BCUT2D eigenvalue weighted by molar-refractivity contribution is 0.158. The van der Waals surface area contributed by atoms with Crippen molar-refractivity contribution >= 4 is 15.8 Å². The molecule has 5 nitrogen and oxygen atoms in total. The molecule has 0 saturated carbocycles. The molecule has 0 unspecified atom stereocenters. The van der Waals surface area contributed by atoms with Crippen LogP contribution in [0.25, 0.3) is 0 Å². The maximum absolute atomic E-state index is 12.7. The van der Waals surface area contributed by atoms with Crippen molar-refractivity contribution in [2.45, 2.75) is 43.0 Å². The van der Waals surface area contributed by atoms with Gasteiger partial charge in [0.15, 0.2) is 0 Å². The van der Waals surface area contributed by atoms with E-state index in [1.54, 1.807) is 24.3 Å². The van der Waals surface area contributed by atoms with Gasteiger partial charge >= 0.3 is 10.1 Å². The van der Waals surface area contributed by atoms with Gasteiger partial charge in [-0.15, -0.1) is 0 Å². The molecule has 3 aromatic carbocycles. The Morgan fingerprint density at radius 3 is 2.30 bits per heavy atom. The molecule has 3 aromatic rings. The Morgan fingerprint density at radius 1 is 0.909 bits per heavy atom. The summed E-state index contributed by atoms with van der Waals surface area (Å²) in [5.74, 6) is 0. The second-order valence-electron chi connectivity index (χ2n) is 9.14. The zero-order valence-corrected chi connectivity index (χ0v) is 19.6. The minimum atomic E-state index is -3.95. The maximum Gasteiger partial charge on any atom is 0.358 e. The van der Waals surface area contributed by atoms with E-state index in [4.69, 9.17) is 4.28 Å². The number of benzene rings is 3. The number of aryl methyl sites for hydroxylation is 1. The molecule has 1 aliphatic heterocycles. The highest BCUT2D eigenvalue weighted by Crippen LogP contribution is 2.46. The van der Waals surface area contributed by atoms with Gasteiger partial charge in [0, 0.05) is 23.9 Å². The fraction of sp³-hybridized carbons (Fsp3) is 0.296. The molecule has 1 aliphatic carbocycles. The molecular formula is C27H28N2O3S. The summed E-state index contributed by atoms with van der Waals surface area (Å²) >= 11 is 0. The van der Waals surface area contributed by atoms with Gasteiger partial charge in [0.2, 0.25) is 0 Å². The fourth-order valence-electron chi connectivity index (χ4n) is 5.06. The van der Waals surface area contributed by atoms with Crippen molar-refractivity contribution in [3.8, 4) is 0 Å². The molecule has 1 spiro atoms. The van der Waals surface area contributed by atoms with Gasteiger partial charge in [-0.2, -0.15) is 8.42 Å². The molecule has 33 heavy (non-hydrogen) atoms. The van der Waals surface area contributed by atoms with Gasteiger partial charge < -0.3 is 0 Å². The Hall–Kier alpha value is -2.96. The topological polar surface area (TPSA) is 59.0 Å². The van der Waals surface area contributed by atoms with Gasteiger partial charge in [0.05, 0.1) is 5.71 Å². The molecule has 0 aromatic heterocycles. The van der Waals surface area contributed by atoms with Gasteiger partial charge in [-0.25, -0.2) is 0 Å². The molecule has 0 N–H and O–H groups in total. The molecule has 1 fully saturated rings. The largest absolute Gasteiger partial charge is 0.358 e. The van der Waals surface area contributed by atoms with Crippen LogP contribution in [0, 0.1) is 6.92 Å². The molecule has 1 heterocycles. The van der Waals surface area contributed by atoms with Gasteiger partial charge in [-0.05, 0) is 56.1 Å². The average Bonchev–Trinajstić information content (AvgIpc) is 3.14. The van der Waals surface area contributed by atoms with Crippen molar-refractivity contribution in [3.05, 3.63) is 101 Å². The Morgan fingerprint density at radius 2 is 1.58 bits per heavy atom. The Balaban J connectivity index is 1.34. The van der Waals surface area contributed by atoms with E-state index >= 15 is 0 Å². The fourth-order valence-corrected chi connectivity index (χ4v) is 5.80. The third kappa shape index (κ3) is 4.45. The van der Waals surface area contributed by atoms with Crippen molar-refractivity contribution < 1.29 is 12.7 Å². The number of hydrogen-bond acceptors (Lipinski definition) is 5. The maximum atomic E-state index is 12.7. The van der Waals surface area contributed by atoms with Gasteiger partial charge in [-0.1, -0.05) is 77.4 Å². The highest BCUT2D eigenvalue weighted by Gasteiger charge is 2.44. The summed E-state index contributed by atoms with van der Waals surface area (Å²) in [4.78, 5) is 2.61. The van der Waals surface area contributed by atoms with Crippen LogP contribution in [0.4, 0.5) is 0 Å². The van der Waals surface area contributed by atoms with Crippen LogP contribution in [0.3, 0.4) is 0 Å². The number of fused-ring (bicyclic) bond motifs is 2. The highest BCUT2D eigenvalue weighted by molar-refractivity contribution is 7.86. The van der Waals surface area contributed by atoms with E-state index in [9.17, 15) is 8.42 Å². The monoisotopic (exact) mass is 460 g/mol.